The van der Waals surface area contributed by atoms with Crippen molar-refractivity contribution in [3.63, 3.8) is 0 Å². The summed E-state index contributed by atoms with van der Waals surface area (Å²) in [6, 6.07) is 22.6. The van der Waals surface area contributed by atoms with Crippen LogP contribution in [0.3, 0.4) is 0 Å². The molecule has 4 rings (SSSR count). The number of para-hydroxylation sites is 1. The maximum absolute atomic E-state index is 13.6. The molecule has 3 aromatic carbocycles. The average molecular weight is 586 g/mol. The van der Waals surface area contributed by atoms with Crippen LogP contribution in [0.1, 0.15) is 62.6 Å². The Labute approximate surface area is 256 Å². The van der Waals surface area contributed by atoms with Gasteiger partial charge in [-0.25, -0.2) is 0 Å². The Hall–Kier alpha value is -3.97. The molecule has 0 bridgehead atoms. The number of hydrogen-bond donors (Lipinski definition) is 1. The third kappa shape index (κ3) is 8.32. The Balaban J connectivity index is 1.66. The maximum atomic E-state index is 13.6. The first kappa shape index (κ1) is 32.0. The summed E-state index contributed by atoms with van der Waals surface area (Å²) in [7, 11) is 4.99. The third-order valence-electron chi connectivity index (χ3n) is 8.29. The molecule has 0 aliphatic carbocycles. The highest BCUT2D eigenvalue weighted by Gasteiger charge is 2.25. The van der Waals surface area contributed by atoms with E-state index in [1.54, 1.807) is 21.3 Å². The monoisotopic (exact) mass is 585 g/mol. The van der Waals surface area contributed by atoms with Gasteiger partial charge in [-0.1, -0.05) is 44.2 Å². The lowest BCUT2D eigenvalue weighted by Gasteiger charge is -2.22. The zero-order chi connectivity index (χ0) is 30.8. The van der Waals surface area contributed by atoms with Crippen molar-refractivity contribution in [2.24, 2.45) is 0 Å². The first-order chi connectivity index (χ1) is 20.9. The van der Waals surface area contributed by atoms with Gasteiger partial charge in [0.25, 0.3) is 0 Å². The van der Waals surface area contributed by atoms with Gasteiger partial charge in [-0.15, -0.1) is 0 Å². The highest BCUT2D eigenvalue weighted by molar-refractivity contribution is 5.87. The summed E-state index contributed by atoms with van der Waals surface area (Å²) in [5.41, 5.74) is 4.37. The minimum absolute atomic E-state index is 0.0362. The summed E-state index contributed by atoms with van der Waals surface area (Å²) >= 11 is 0. The van der Waals surface area contributed by atoms with Crippen molar-refractivity contribution in [2.45, 2.75) is 58.5 Å². The highest BCUT2D eigenvalue weighted by atomic mass is 16.5. The van der Waals surface area contributed by atoms with Crippen molar-refractivity contribution in [1.29, 1.82) is 0 Å². The Morgan fingerprint density at radius 1 is 0.884 bits per heavy atom. The van der Waals surface area contributed by atoms with E-state index in [0.717, 1.165) is 60.3 Å². The molecular formula is C36H47N3O4. The molecule has 0 unspecified atom stereocenters. The molecule has 0 radical (unpaired) electrons. The van der Waals surface area contributed by atoms with Crippen molar-refractivity contribution < 1.29 is 19.0 Å². The van der Waals surface area contributed by atoms with Crippen LogP contribution < -0.4 is 19.5 Å². The molecule has 7 nitrogen and oxygen atoms in total. The zero-order valence-electron chi connectivity index (χ0n) is 26.6. The zero-order valence-corrected chi connectivity index (χ0v) is 26.6. The van der Waals surface area contributed by atoms with Crippen molar-refractivity contribution in [3.8, 4) is 17.2 Å². The summed E-state index contributed by atoms with van der Waals surface area (Å²) in [5, 5.41) is 4.41. The Bertz CT molecular complexity index is 1440. The molecular weight excluding hydrogens is 538 g/mol. The fourth-order valence-electron chi connectivity index (χ4n) is 5.80. The van der Waals surface area contributed by atoms with Crippen LogP contribution in [0.15, 0.2) is 72.9 Å². The number of methoxy groups -OCH3 is 3. The number of benzene rings is 3. The molecule has 1 aromatic heterocycles. The molecule has 0 spiro atoms. The van der Waals surface area contributed by atoms with E-state index in [1.807, 2.05) is 30.3 Å². The number of amides is 1. The molecule has 0 aliphatic rings. The van der Waals surface area contributed by atoms with Crippen LogP contribution in [0, 0.1) is 0 Å². The lowest BCUT2D eigenvalue weighted by Crippen LogP contribution is -2.34. The van der Waals surface area contributed by atoms with Crippen molar-refractivity contribution >= 4 is 16.8 Å². The lowest BCUT2D eigenvalue weighted by atomic mass is 9.87. The van der Waals surface area contributed by atoms with Crippen molar-refractivity contribution in [1.82, 2.24) is 14.8 Å². The molecule has 43 heavy (non-hydrogen) atoms. The average Bonchev–Trinajstić information content (AvgIpc) is 3.39. The number of ether oxygens (including phenoxy) is 3. The number of hydrogen-bond acceptors (Lipinski definition) is 5. The number of nitrogens with zero attached hydrogens (tertiary/aromatic N) is 2. The topological polar surface area (TPSA) is 65.0 Å². The quantitative estimate of drug-likeness (QED) is 0.156. The fourth-order valence-corrected chi connectivity index (χ4v) is 5.80. The molecule has 0 fully saturated rings. The van der Waals surface area contributed by atoms with E-state index in [4.69, 9.17) is 14.2 Å². The van der Waals surface area contributed by atoms with E-state index in [9.17, 15) is 4.79 Å². The summed E-state index contributed by atoms with van der Waals surface area (Å²) in [6.45, 7) is 10.3. The molecule has 4 aromatic rings. The molecule has 0 saturated carbocycles. The number of fused-ring (bicyclic) bond motifs is 1. The van der Waals surface area contributed by atoms with E-state index in [-0.39, 0.29) is 17.9 Å². The first-order valence-electron chi connectivity index (χ1n) is 15.3. The molecule has 0 aliphatic heterocycles. The second-order valence-electron chi connectivity index (χ2n) is 11.1. The van der Waals surface area contributed by atoms with Gasteiger partial charge in [0.1, 0.15) is 17.2 Å². The molecule has 7 heteroatoms. The Kier molecular flexibility index (Phi) is 11.5. The molecule has 2 atom stereocenters. The smallest absolute Gasteiger partial charge is 0.221 e. The van der Waals surface area contributed by atoms with Crippen LogP contribution in [-0.4, -0.2) is 62.4 Å². The van der Waals surface area contributed by atoms with Gasteiger partial charge in [0.15, 0.2) is 0 Å². The number of rotatable bonds is 16. The van der Waals surface area contributed by atoms with Gasteiger partial charge in [0.05, 0.1) is 21.3 Å². The predicted octanol–water partition coefficient (Wildman–Crippen LogP) is 6.86. The maximum Gasteiger partial charge on any atom is 0.221 e. The summed E-state index contributed by atoms with van der Waals surface area (Å²) in [4.78, 5) is 16.0. The predicted molar refractivity (Wildman–Crippen MR) is 175 cm³/mol. The van der Waals surface area contributed by atoms with Gasteiger partial charge >= 0.3 is 0 Å². The second-order valence-corrected chi connectivity index (χ2v) is 11.1. The molecule has 1 amide bonds. The number of nitrogens with one attached hydrogen (secondary N) is 1. The summed E-state index contributed by atoms with van der Waals surface area (Å²) in [6.07, 6.45) is 4.51. The molecule has 0 saturated heterocycles. The normalized spacial score (nSPS) is 12.7. The van der Waals surface area contributed by atoms with Crippen LogP contribution >= 0.6 is 0 Å². The van der Waals surface area contributed by atoms with Crippen LogP contribution in [0.2, 0.25) is 0 Å². The van der Waals surface area contributed by atoms with Gasteiger partial charge in [0.2, 0.25) is 5.91 Å². The van der Waals surface area contributed by atoms with Gasteiger partial charge in [0, 0.05) is 48.1 Å². The van der Waals surface area contributed by atoms with E-state index in [0.29, 0.717) is 24.5 Å². The number of aromatic nitrogens is 1. The lowest BCUT2D eigenvalue weighted by molar-refractivity contribution is -0.121. The van der Waals surface area contributed by atoms with Crippen molar-refractivity contribution in [2.75, 3.05) is 41.0 Å². The minimum atomic E-state index is -0.200. The fraction of sp³-hybridized carbons (Fsp3) is 0.417. The van der Waals surface area contributed by atoms with E-state index < -0.39 is 0 Å². The first-order valence-corrected chi connectivity index (χ1v) is 15.3. The molecule has 230 valence electrons. The van der Waals surface area contributed by atoms with E-state index in [1.165, 1.54) is 5.56 Å². The third-order valence-corrected chi connectivity index (χ3v) is 8.29. The van der Waals surface area contributed by atoms with E-state index in [2.05, 4.69) is 78.2 Å². The van der Waals surface area contributed by atoms with Crippen LogP contribution in [0.25, 0.3) is 10.9 Å². The highest BCUT2D eigenvalue weighted by Crippen LogP contribution is 2.38. The van der Waals surface area contributed by atoms with Crippen LogP contribution in [-0.2, 0) is 11.3 Å². The standard InChI is InChI=1S/C36H47N3O4/c1-7-38(8-2)19-11-12-26(3)37-36(40)23-33(28-20-30(42-5)22-31(21-28)43-6)34-25-39(35-14-10-9-13-32(34)35)24-27-15-17-29(41-4)18-16-27/h9-10,13-18,20-22,25-26,33H,7-8,11-12,19,23-24H2,1-6H3,(H,37,40)/t26-,33-/m0/s1. The largest absolute Gasteiger partial charge is 0.497 e. The summed E-state index contributed by atoms with van der Waals surface area (Å²) < 4.78 is 18.9. The van der Waals surface area contributed by atoms with E-state index >= 15 is 0 Å². The second kappa shape index (κ2) is 15.5. The van der Waals surface area contributed by atoms with Crippen LogP contribution in [0.4, 0.5) is 0 Å². The van der Waals surface area contributed by atoms with Crippen LogP contribution in [0.5, 0.6) is 17.2 Å². The Morgan fingerprint density at radius 2 is 1.53 bits per heavy atom. The molecule has 1 N–H and O–H groups in total. The van der Waals surface area contributed by atoms with Gasteiger partial charge in [-0.05, 0) is 86.4 Å². The van der Waals surface area contributed by atoms with Gasteiger partial charge in [-0.3, -0.25) is 4.79 Å². The van der Waals surface area contributed by atoms with Crippen molar-refractivity contribution in [3.05, 3.63) is 89.6 Å². The van der Waals surface area contributed by atoms with Gasteiger partial charge < -0.3 is 29.0 Å². The number of carbonyl (C=O) groups excluding carboxylic acids is 1. The minimum Gasteiger partial charge on any atom is -0.497 e. The Morgan fingerprint density at radius 3 is 2.16 bits per heavy atom. The SMILES string of the molecule is CCN(CC)CCC[C@H](C)NC(=O)C[C@@H](c1cc(OC)cc(OC)c1)c1cn(Cc2ccc(OC)cc2)c2ccccc12. The number of carbonyl (C=O) groups is 1. The summed E-state index contributed by atoms with van der Waals surface area (Å²) in [5.74, 6) is 2.07. The molecule has 1 heterocycles. The van der Waals surface area contributed by atoms with Gasteiger partial charge in [-0.2, -0.15) is 0 Å².